The normalized spacial score (nSPS) is 54.7. The van der Waals surface area contributed by atoms with Crippen LogP contribution >= 0.6 is 0 Å². The third-order valence-electron chi connectivity index (χ3n) is 4.68. The van der Waals surface area contributed by atoms with Gasteiger partial charge in [0.05, 0.1) is 0 Å². The Kier molecular flexibility index (Phi) is 4.04. The summed E-state index contributed by atoms with van der Waals surface area (Å²) in [5.74, 6) is -5.82. The van der Waals surface area contributed by atoms with Crippen LogP contribution in [0.1, 0.15) is 63.7 Å². The topological polar surface area (TPSA) is 30.5 Å². The van der Waals surface area contributed by atoms with Gasteiger partial charge in [0.1, 0.15) is 0 Å². The molecule has 2 heterocycles. The third-order valence-corrected chi connectivity index (χ3v) is 4.68. The second-order valence-electron chi connectivity index (χ2n) is 7.09. The maximum absolute atomic E-state index is 8.53. The van der Waals surface area contributed by atoms with E-state index in [9.17, 15) is 0 Å². The molecule has 0 bridgehead atoms. The van der Waals surface area contributed by atoms with Gasteiger partial charge in [-0.2, -0.15) is 0 Å². The summed E-state index contributed by atoms with van der Waals surface area (Å²) < 4.78 is 156. The number of rotatable bonds is 6. The molecule has 2 saturated heterocycles. The molecule has 2 aromatic carbocycles. The molecule has 2 fully saturated rings. The first kappa shape index (κ1) is 9.87. The van der Waals surface area contributed by atoms with Crippen LogP contribution in [0.5, 0.6) is 0 Å². The van der Waals surface area contributed by atoms with E-state index in [0.717, 1.165) is 14.0 Å². The number of hydrogen-bond donors (Lipinski definition) is 2. The summed E-state index contributed by atoms with van der Waals surface area (Å²) in [6, 6.07) is 11.3. The van der Waals surface area contributed by atoms with E-state index in [2.05, 4.69) is 10.6 Å². The van der Waals surface area contributed by atoms with E-state index in [1.54, 1.807) is 60.7 Å². The molecule has 32 heavy (non-hydrogen) atoms. The van der Waals surface area contributed by atoms with Gasteiger partial charge >= 0.3 is 0 Å². The fourth-order valence-corrected chi connectivity index (χ4v) is 2.98. The van der Waals surface area contributed by atoms with E-state index in [1.165, 1.54) is 7.05 Å². The molecule has 0 saturated carbocycles. The number of likely N-dealkylation sites (tertiary alicyclic amines) is 2. The van der Waals surface area contributed by atoms with E-state index in [1.807, 2.05) is 0 Å². The van der Waals surface area contributed by atoms with Crippen LogP contribution in [0.25, 0.3) is 0 Å². The minimum Gasteiger partial charge on any atom is -0.315 e. The molecule has 0 spiro atoms. The van der Waals surface area contributed by atoms with Gasteiger partial charge in [-0.3, -0.25) is 9.80 Å². The second-order valence-corrected chi connectivity index (χ2v) is 7.09. The molecular formula is C28H44N4. The van der Waals surface area contributed by atoms with Crippen LogP contribution in [0.2, 0.25) is 0 Å². The van der Waals surface area contributed by atoms with Crippen LogP contribution < -0.4 is 10.6 Å². The fourth-order valence-electron chi connectivity index (χ4n) is 2.98. The average molecular weight is 456 g/mol. The van der Waals surface area contributed by atoms with Crippen molar-refractivity contribution in [2.75, 3.05) is 40.1 Å². The second kappa shape index (κ2) is 13.1. The van der Waals surface area contributed by atoms with Crippen LogP contribution in [0.3, 0.4) is 0 Å². The van der Waals surface area contributed by atoms with Gasteiger partial charge in [0, 0.05) is 64.2 Å². The highest BCUT2D eigenvalue weighted by Gasteiger charge is 2.25. The maximum atomic E-state index is 8.53. The summed E-state index contributed by atoms with van der Waals surface area (Å²) in [5, 5.41) is 4.60. The van der Waals surface area contributed by atoms with E-state index in [0.29, 0.717) is 20.9 Å². The highest BCUT2D eigenvalue weighted by Crippen LogP contribution is 2.19. The Morgan fingerprint density at radius 3 is 1.69 bits per heavy atom. The van der Waals surface area contributed by atoms with Gasteiger partial charge < -0.3 is 10.6 Å². The number of nitrogens with one attached hydrogen (secondary N) is 2. The molecule has 2 aliphatic rings. The first-order chi connectivity index (χ1) is 22.8. The third kappa shape index (κ3) is 7.70. The summed E-state index contributed by atoms with van der Waals surface area (Å²) in [6.45, 7) is -14.7. The van der Waals surface area contributed by atoms with Crippen LogP contribution in [-0.2, 0) is 13.1 Å². The van der Waals surface area contributed by atoms with Crippen molar-refractivity contribution < 1.29 is 26.0 Å². The molecular weight excluding hydrogens is 392 g/mol. The van der Waals surface area contributed by atoms with Gasteiger partial charge in [-0.15, -0.1) is 0 Å². The van der Waals surface area contributed by atoms with Crippen molar-refractivity contribution in [3.8, 4) is 0 Å². The van der Waals surface area contributed by atoms with Crippen LogP contribution in [0.15, 0.2) is 60.7 Å². The standard InChI is InChI=1S/2C14H22N2/c2*1-12-8-9-16(11-14(12)15-2)10-13-6-4-3-5-7-13/h2*3-7,12,14-15H,8-11H2,1-2H3/i1D3,8D2,9D2,11D2,12D,14D;8D2,9D2,11D2,12D,14D. The van der Waals surface area contributed by atoms with Gasteiger partial charge in [0.15, 0.2) is 0 Å². The predicted molar refractivity (Wildman–Crippen MR) is 137 cm³/mol. The van der Waals surface area contributed by atoms with Crippen molar-refractivity contribution in [1.29, 1.82) is 0 Å². The zero-order valence-electron chi connectivity index (χ0n) is 37.6. The Balaban J connectivity index is 0.000000277. The Bertz CT molecular complexity index is 1520. The monoisotopic (exact) mass is 455 g/mol. The first-order valence-electron chi connectivity index (χ1n) is 19.8. The summed E-state index contributed by atoms with van der Waals surface area (Å²) in [6.07, 6.45) is -6.22. The Labute approximate surface area is 223 Å². The number of nitrogens with zero attached hydrogens (tertiary/aromatic N) is 2. The van der Waals surface area contributed by atoms with E-state index < -0.39 is 76.0 Å². The molecule has 2 aliphatic heterocycles. The van der Waals surface area contributed by atoms with Crippen molar-refractivity contribution >= 4 is 0 Å². The van der Waals surface area contributed by atoms with Crippen LogP contribution in [0, 0.1) is 11.8 Å². The molecule has 4 heteroatoms. The molecule has 2 aromatic rings. The van der Waals surface area contributed by atoms with Crippen molar-refractivity contribution in [2.45, 2.75) is 51.6 Å². The zero-order valence-corrected chi connectivity index (χ0v) is 18.6. The van der Waals surface area contributed by atoms with Gasteiger partial charge in [-0.1, -0.05) is 74.4 Å². The number of likely N-dealkylation sites (N-methyl/N-ethyl adjacent to an activating group) is 2. The average Bonchev–Trinajstić information content (AvgIpc) is 3.03. The number of hydrogen-bond acceptors (Lipinski definition) is 4. The Morgan fingerprint density at radius 1 is 0.812 bits per heavy atom. The summed E-state index contributed by atoms with van der Waals surface area (Å²) in [5.41, 5.74) is 1.04. The van der Waals surface area contributed by atoms with Gasteiger partial charge in [-0.05, 0) is 62.7 Å². The first-order valence-corrected chi connectivity index (χ1v) is 10.3. The largest absolute Gasteiger partial charge is 0.315 e. The number of benzene rings is 2. The summed E-state index contributed by atoms with van der Waals surface area (Å²) in [7, 11) is 2.35. The molecule has 0 aromatic heterocycles. The lowest BCUT2D eigenvalue weighted by molar-refractivity contribution is 0.147. The molecule has 4 nitrogen and oxygen atoms in total. The van der Waals surface area contributed by atoms with Crippen molar-refractivity contribution in [3.05, 3.63) is 71.8 Å². The van der Waals surface area contributed by atoms with E-state index >= 15 is 0 Å². The van der Waals surface area contributed by atoms with E-state index in [4.69, 9.17) is 26.0 Å². The molecule has 176 valence electrons. The van der Waals surface area contributed by atoms with Gasteiger partial charge in [-0.25, -0.2) is 0 Å². The lowest BCUT2D eigenvalue weighted by atomic mass is 9.93. The highest BCUT2D eigenvalue weighted by molar-refractivity contribution is 5.15. The van der Waals surface area contributed by atoms with Crippen molar-refractivity contribution in [1.82, 2.24) is 20.4 Å². The lowest BCUT2D eigenvalue weighted by Crippen LogP contribution is -2.48. The SMILES string of the molecule is [2H]C([2H])([2H])C1([2H])C([2H])([2H])C([2H])([2H])N(Cc2ccccc2)C([2H])([2H])C1([2H])NC.[2H]C1([2H])N(Cc2ccccc2)C([2H])([2H])C([2H])(NC)C([2H])(C)C1([2H])[2H]. The minimum atomic E-state index is -3.49. The summed E-state index contributed by atoms with van der Waals surface area (Å²) >= 11 is 0. The maximum Gasteiger partial charge on any atom is 0.0481 e. The highest BCUT2D eigenvalue weighted by atomic mass is 15.2. The smallest absolute Gasteiger partial charge is 0.0481 e. The van der Waals surface area contributed by atoms with Crippen molar-refractivity contribution in [2.24, 2.45) is 11.8 Å². The lowest BCUT2D eigenvalue weighted by Gasteiger charge is -2.37. The van der Waals surface area contributed by atoms with E-state index in [-0.39, 0.29) is 6.54 Å². The van der Waals surface area contributed by atoms with Crippen molar-refractivity contribution in [3.63, 3.8) is 0 Å². The molecule has 2 N–H and O–H groups in total. The molecule has 0 aliphatic carbocycles. The Morgan fingerprint density at radius 2 is 1.25 bits per heavy atom. The van der Waals surface area contributed by atoms with Crippen LogP contribution in [-0.4, -0.2) is 61.9 Å². The minimum absolute atomic E-state index is 0.223. The molecule has 4 rings (SSSR count). The molecule has 4 atom stereocenters. The quantitative estimate of drug-likeness (QED) is 0.682. The Hall–Kier alpha value is -1.72. The summed E-state index contributed by atoms with van der Waals surface area (Å²) in [4.78, 5) is 1.19. The van der Waals surface area contributed by atoms with Gasteiger partial charge in [0.25, 0.3) is 0 Å². The van der Waals surface area contributed by atoms with Crippen LogP contribution in [0.4, 0.5) is 0 Å². The molecule has 0 amide bonds. The fraction of sp³-hybridized carbons (Fsp3) is 0.571. The molecule has 0 radical (unpaired) electrons. The molecule has 4 unspecified atom stereocenters. The predicted octanol–water partition coefficient (Wildman–Crippen LogP) is 4.23. The number of piperidine rings is 2. The zero-order chi connectivity index (χ0) is 39.7. The van der Waals surface area contributed by atoms with Gasteiger partial charge in [0.2, 0.25) is 0 Å².